The van der Waals surface area contributed by atoms with Crippen molar-refractivity contribution in [3.63, 3.8) is 0 Å². The highest BCUT2D eigenvalue weighted by Gasteiger charge is 2.56. The molecule has 1 aromatic rings. The smallest absolute Gasteiger partial charge is 0.345 e. The van der Waals surface area contributed by atoms with Crippen LogP contribution < -0.4 is 5.69 Å². The van der Waals surface area contributed by atoms with E-state index in [1.54, 1.807) is 13.8 Å². The van der Waals surface area contributed by atoms with Crippen molar-refractivity contribution in [2.75, 3.05) is 6.61 Å². The Balaban J connectivity index is 1.90. The van der Waals surface area contributed by atoms with Crippen LogP contribution in [0.25, 0.3) is 0 Å². The third kappa shape index (κ3) is 3.20. The number of fused-ring (bicyclic) bond motifs is 1. The highest BCUT2D eigenvalue weighted by Crippen LogP contribution is 2.42. The molecule has 0 amide bonds. The summed E-state index contributed by atoms with van der Waals surface area (Å²) in [6.45, 7) is 4.84. The van der Waals surface area contributed by atoms with E-state index >= 15 is 0 Å². The second kappa shape index (κ2) is 5.78. The number of H-pyrrole nitrogens is 1. The van der Waals surface area contributed by atoms with Crippen molar-refractivity contribution in [3.8, 4) is 0 Å². The predicted molar refractivity (Wildman–Crippen MR) is 78.0 cm³/mol. The van der Waals surface area contributed by atoms with Crippen LogP contribution in [0.15, 0.2) is 11.0 Å². The molecule has 0 aliphatic carbocycles. The van der Waals surface area contributed by atoms with Crippen LogP contribution in [0, 0.1) is 4.64 Å². The van der Waals surface area contributed by atoms with Gasteiger partial charge >= 0.3 is 11.7 Å². The summed E-state index contributed by atoms with van der Waals surface area (Å²) in [4.78, 5) is 25.6. The molecule has 0 bridgehead atoms. The lowest BCUT2D eigenvalue weighted by Gasteiger charge is -2.24. The van der Waals surface area contributed by atoms with Crippen molar-refractivity contribution >= 4 is 18.2 Å². The van der Waals surface area contributed by atoms with E-state index in [1.807, 2.05) is 0 Å². The van der Waals surface area contributed by atoms with E-state index in [0.717, 1.165) is 4.68 Å². The summed E-state index contributed by atoms with van der Waals surface area (Å²) in [6, 6.07) is 0. The predicted octanol–water partition coefficient (Wildman–Crippen LogP) is 0.281. The Morgan fingerprint density at radius 2 is 2.17 bits per heavy atom. The van der Waals surface area contributed by atoms with Crippen molar-refractivity contribution < 1.29 is 23.7 Å². The van der Waals surface area contributed by atoms with E-state index in [9.17, 15) is 9.59 Å². The number of hydrogen-bond donors (Lipinski definition) is 1. The highest BCUT2D eigenvalue weighted by molar-refractivity contribution is 7.71. The molecule has 126 valence electrons. The number of nitrogens with one attached hydrogen (secondary N) is 1. The Morgan fingerprint density at radius 3 is 2.83 bits per heavy atom. The number of rotatable bonds is 3. The van der Waals surface area contributed by atoms with Gasteiger partial charge in [0.15, 0.2) is 12.0 Å². The topological polar surface area (TPSA) is 105 Å². The number of hydrogen-bond acceptors (Lipinski definition) is 8. The molecule has 0 spiro atoms. The first kappa shape index (κ1) is 16.2. The second-order valence-corrected chi connectivity index (χ2v) is 6.26. The van der Waals surface area contributed by atoms with E-state index < -0.39 is 42.0 Å². The molecule has 23 heavy (non-hydrogen) atoms. The molecule has 2 fully saturated rings. The van der Waals surface area contributed by atoms with Gasteiger partial charge in [-0.2, -0.15) is 9.78 Å². The molecular formula is C13H17N3O6S. The first-order valence-electron chi connectivity index (χ1n) is 7.09. The molecule has 3 heterocycles. The second-order valence-electron chi connectivity index (χ2n) is 5.82. The molecule has 0 radical (unpaired) electrons. The summed E-state index contributed by atoms with van der Waals surface area (Å²) in [7, 11) is 0. The molecule has 2 aliphatic rings. The minimum atomic E-state index is -0.836. The SMILES string of the molecule is CC(=O)OC[C@@H]1O[C@@H](n2ncc(=S)[nH]c2=O)[C@H]2OC(C)(C)O[C@@H]21. The van der Waals surface area contributed by atoms with E-state index in [2.05, 4.69) is 10.1 Å². The van der Waals surface area contributed by atoms with Gasteiger partial charge in [0.1, 0.15) is 29.6 Å². The Morgan fingerprint density at radius 1 is 1.48 bits per heavy atom. The molecule has 2 saturated heterocycles. The van der Waals surface area contributed by atoms with E-state index in [0.29, 0.717) is 0 Å². The third-order valence-electron chi connectivity index (χ3n) is 3.55. The van der Waals surface area contributed by atoms with Gasteiger partial charge in [-0.3, -0.25) is 9.78 Å². The van der Waals surface area contributed by atoms with Crippen LogP contribution in [0.5, 0.6) is 0 Å². The Labute approximate surface area is 136 Å². The number of carbonyl (C=O) groups is 1. The summed E-state index contributed by atoms with van der Waals surface area (Å²) in [5, 5.41) is 4.00. The Bertz CT molecular complexity index is 729. The lowest BCUT2D eigenvalue weighted by molar-refractivity contribution is -0.204. The summed E-state index contributed by atoms with van der Waals surface area (Å²) in [5.41, 5.74) is -0.511. The number of ether oxygens (including phenoxy) is 4. The molecule has 1 N–H and O–H groups in total. The van der Waals surface area contributed by atoms with Gasteiger partial charge < -0.3 is 18.9 Å². The van der Waals surface area contributed by atoms with Crippen LogP contribution >= 0.6 is 12.2 Å². The van der Waals surface area contributed by atoms with Crippen molar-refractivity contribution in [2.45, 2.75) is 51.1 Å². The summed E-state index contributed by atoms with van der Waals surface area (Å²) in [5.74, 6) is -1.26. The standard InChI is InChI=1S/C13H17N3O6S/c1-6(17)19-5-7-9-10(22-13(2,3)21-9)11(20-7)16-12(18)15-8(23)4-14-16/h4,7,9-11H,5H2,1-3H3,(H,15,18,23)/t7-,9+,10-,11+/m0/s1. The quantitative estimate of drug-likeness (QED) is 0.616. The molecule has 9 nitrogen and oxygen atoms in total. The van der Waals surface area contributed by atoms with E-state index in [1.165, 1.54) is 13.1 Å². The summed E-state index contributed by atoms with van der Waals surface area (Å²) in [6.07, 6.45) is -1.06. The fourth-order valence-corrected chi connectivity index (χ4v) is 2.87. The van der Waals surface area contributed by atoms with Gasteiger partial charge in [-0.1, -0.05) is 12.2 Å². The first-order valence-corrected chi connectivity index (χ1v) is 7.50. The highest BCUT2D eigenvalue weighted by atomic mass is 32.1. The van der Waals surface area contributed by atoms with Crippen LogP contribution in [0.2, 0.25) is 0 Å². The van der Waals surface area contributed by atoms with E-state index in [4.69, 9.17) is 31.2 Å². The first-order chi connectivity index (χ1) is 10.8. The molecule has 0 aromatic carbocycles. The normalized spacial score (nSPS) is 31.8. The zero-order chi connectivity index (χ0) is 16.8. The van der Waals surface area contributed by atoms with Gasteiger partial charge in [-0.05, 0) is 13.8 Å². The largest absolute Gasteiger partial charge is 0.463 e. The van der Waals surface area contributed by atoms with E-state index in [-0.39, 0.29) is 11.2 Å². The molecule has 3 rings (SSSR count). The minimum absolute atomic E-state index is 0.00399. The van der Waals surface area contributed by atoms with Crippen molar-refractivity contribution in [2.24, 2.45) is 0 Å². The zero-order valence-corrected chi connectivity index (χ0v) is 13.7. The maximum Gasteiger partial charge on any atom is 0.345 e. The van der Waals surface area contributed by atoms with Crippen molar-refractivity contribution in [1.29, 1.82) is 0 Å². The number of aromatic amines is 1. The van der Waals surface area contributed by atoms with Gasteiger partial charge in [0.05, 0.1) is 6.20 Å². The number of esters is 1. The molecular weight excluding hydrogens is 326 g/mol. The fourth-order valence-electron chi connectivity index (χ4n) is 2.73. The molecule has 4 atom stereocenters. The van der Waals surface area contributed by atoms with Gasteiger partial charge in [-0.15, -0.1) is 0 Å². The van der Waals surface area contributed by atoms with Crippen LogP contribution in [0.3, 0.4) is 0 Å². The molecule has 10 heteroatoms. The number of aromatic nitrogens is 3. The zero-order valence-electron chi connectivity index (χ0n) is 12.8. The van der Waals surface area contributed by atoms with Crippen LogP contribution in [-0.4, -0.2) is 51.4 Å². The van der Waals surface area contributed by atoms with Crippen molar-refractivity contribution in [3.05, 3.63) is 21.3 Å². The Kier molecular flexibility index (Phi) is 4.08. The average molecular weight is 343 g/mol. The maximum atomic E-state index is 12.1. The fraction of sp³-hybridized carbons (Fsp3) is 0.692. The van der Waals surface area contributed by atoms with Gasteiger partial charge in [0.2, 0.25) is 0 Å². The van der Waals surface area contributed by atoms with Gasteiger partial charge in [-0.25, -0.2) is 4.79 Å². The van der Waals surface area contributed by atoms with Crippen LogP contribution in [0.4, 0.5) is 0 Å². The monoisotopic (exact) mass is 343 g/mol. The summed E-state index contributed by atoms with van der Waals surface area (Å²) >= 11 is 4.87. The van der Waals surface area contributed by atoms with Gasteiger partial charge in [0.25, 0.3) is 0 Å². The average Bonchev–Trinajstić information content (AvgIpc) is 2.90. The minimum Gasteiger partial charge on any atom is -0.463 e. The molecule has 0 saturated carbocycles. The molecule has 0 unspecified atom stereocenters. The molecule has 2 aliphatic heterocycles. The third-order valence-corrected chi connectivity index (χ3v) is 3.76. The van der Waals surface area contributed by atoms with Gasteiger partial charge in [0, 0.05) is 6.92 Å². The van der Waals surface area contributed by atoms with Crippen LogP contribution in [0.1, 0.15) is 27.0 Å². The number of nitrogens with zero attached hydrogens (tertiary/aromatic N) is 2. The van der Waals surface area contributed by atoms with Crippen molar-refractivity contribution in [1.82, 2.24) is 14.8 Å². The molecule has 1 aromatic heterocycles. The Hall–Kier alpha value is -1.62. The van der Waals surface area contributed by atoms with Crippen LogP contribution in [-0.2, 0) is 23.7 Å². The lowest BCUT2D eigenvalue weighted by Crippen LogP contribution is -2.36. The maximum absolute atomic E-state index is 12.1. The lowest BCUT2D eigenvalue weighted by atomic mass is 10.1. The summed E-state index contributed by atoms with van der Waals surface area (Å²) < 4.78 is 23.8. The number of carbonyl (C=O) groups excluding carboxylic acids is 1.